The number of nitrogens with two attached hydrogens (primary N) is 1. The number of thioether (sulfide) groups is 1. The maximum Gasteiger partial charge on any atom is 0.352 e. The van der Waals surface area contributed by atoms with Crippen molar-refractivity contribution in [3.8, 4) is 5.75 Å². The summed E-state index contributed by atoms with van der Waals surface area (Å²) in [7, 11) is 0. The summed E-state index contributed by atoms with van der Waals surface area (Å²) in [5, 5.41) is 35.8. The Morgan fingerprint density at radius 1 is 1.40 bits per heavy atom. The number of aromatic nitrogens is 2. The maximum atomic E-state index is 13.0. The molecule has 2 aliphatic heterocycles. The second-order valence-electron chi connectivity index (χ2n) is 7.44. The number of thiazole rings is 1. The van der Waals surface area contributed by atoms with Gasteiger partial charge in [-0.15, -0.1) is 23.1 Å². The first-order valence-electron chi connectivity index (χ1n) is 9.82. The van der Waals surface area contributed by atoms with Crippen LogP contribution >= 0.6 is 23.1 Å². The molecule has 0 unspecified atom stereocenters. The molecule has 2 aromatic heterocycles. The van der Waals surface area contributed by atoms with Crippen LogP contribution in [-0.4, -0.2) is 70.7 Å². The normalized spacial score (nSPS) is 19.7. The van der Waals surface area contributed by atoms with Crippen molar-refractivity contribution < 1.29 is 34.6 Å². The molecule has 184 valence electrons. The zero-order valence-corrected chi connectivity index (χ0v) is 19.5. The second-order valence-corrected chi connectivity index (χ2v) is 9.43. The predicted molar refractivity (Wildman–Crippen MR) is 123 cm³/mol. The van der Waals surface area contributed by atoms with Gasteiger partial charge in [-0.3, -0.25) is 19.3 Å². The van der Waals surface area contributed by atoms with Crippen molar-refractivity contribution in [2.75, 3.05) is 11.5 Å². The quantitative estimate of drug-likeness (QED) is 0.135. The number of oxime groups is 1. The number of pyridine rings is 1. The average Bonchev–Trinajstić information content (AvgIpc) is 3.23. The first kappa shape index (κ1) is 24.1. The summed E-state index contributed by atoms with van der Waals surface area (Å²) in [5.74, 6) is -2.93. The monoisotopic (exact) mass is 522 g/mol. The number of nitrogen functional groups attached to an aromatic ring is 1. The number of carboxylic acid groups (broad SMARTS) is 1. The largest absolute Gasteiger partial charge is 0.503 e. The molecule has 0 bridgehead atoms. The number of carboxylic acids is 1. The topological polar surface area (TPSA) is 210 Å². The van der Waals surface area contributed by atoms with Gasteiger partial charge in [0.2, 0.25) is 5.43 Å². The van der Waals surface area contributed by atoms with Crippen molar-refractivity contribution >= 4 is 51.7 Å². The number of fused-ring (bicyclic) bond motifs is 1. The highest BCUT2D eigenvalue weighted by atomic mass is 32.2. The van der Waals surface area contributed by atoms with E-state index in [0.717, 1.165) is 28.5 Å². The van der Waals surface area contributed by atoms with Gasteiger partial charge in [0.05, 0.1) is 6.20 Å². The molecule has 6 N–H and O–H groups in total. The smallest absolute Gasteiger partial charge is 0.352 e. The minimum Gasteiger partial charge on any atom is -0.503 e. The van der Waals surface area contributed by atoms with Gasteiger partial charge in [-0.1, -0.05) is 5.16 Å². The van der Waals surface area contributed by atoms with E-state index in [1.54, 1.807) is 6.92 Å². The Hall–Kier alpha value is -4.05. The molecule has 0 aliphatic carbocycles. The Kier molecular flexibility index (Phi) is 6.40. The molecule has 14 nitrogen and oxygen atoms in total. The lowest BCUT2D eigenvalue weighted by atomic mass is 10.0. The molecule has 2 atom stereocenters. The number of hydrogen-bond acceptors (Lipinski definition) is 12. The Bertz CT molecular complexity index is 1350. The minimum atomic E-state index is -1.23. The number of β-lactam (4-membered cyclic amide) rings is 1. The van der Waals surface area contributed by atoms with Crippen molar-refractivity contribution in [1.29, 1.82) is 0 Å². The molecule has 0 spiro atoms. The molecular formula is C19H18N6O8S2. The molecule has 0 aromatic carbocycles. The summed E-state index contributed by atoms with van der Waals surface area (Å²) in [5.41, 5.74) is 4.99. The number of anilines is 1. The van der Waals surface area contributed by atoms with Crippen molar-refractivity contribution in [3.63, 3.8) is 0 Å². The van der Waals surface area contributed by atoms with Crippen LogP contribution in [0.5, 0.6) is 5.75 Å². The highest BCUT2D eigenvalue weighted by Crippen LogP contribution is 2.40. The van der Waals surface area contributed by atoms with Crippen molar-refractivity contribution in [1.82, 2.24) is 19.9 Å². The van der Waals surface area contributed by atoms with Gasteiger partial charge in [-0.05, 0) is 12.5 Å². The lowest BCUT2D eigenvalue weighted by molar-refractivity contribution is -0.150. The third-order valence-corrected chi connectivity index (χ3v) is 7.18. The summed E-state index contributed by atoms with van der Waals surface area (Å²) in [6.45, 7) is 1.17. The highest BCUT2D eigenvalue weighted by Gasteiger charge is 2.54. The minimum absolute atomic E-state index is 0.0546. The number of rotatable bonds is 7. The number of aromatic hydroxyl groups is 1. The number of carbonyl (C=O) groups excluding carboxylic acids is 2. The van der Waals surface area contributed by atoms with E-state index < -0.39 is 47.0 Å². The fourth-order valence-corrected chi connectivity index (χ4v) is 5.25. The van der Waals surface area contributed by atoms with Crippen LogP contribution in [0.15, 0.2) is 38.9 Å². The Morgan fingerprint density at radius 2 is 2.14 bits per heavy atom. The Balaban J connectivity index is 1.53. The zero-order chi connectivity index (χ0) is 25.4. The maximum absolute atomic E-state index is 13.0. The highest BCUT2D eigenvalue weighted by molar-refractivity contribution is 8.00. The lowest BCUT2D eigenvalue weighted by Crippen LogP contribution is -2.71. The molecule has 4 heterocycles. The van der Waals surface area contributed by atoms with Crippen LogP contribution in [0.25, 0.3) is 0 Å². The number of nitrogens with one attached hydrogen (secondary N) is 1. The van der Waals surface area contributed by atoms with Crippen LogP contribution < -0.4 is 16.5 Å². The molecule has 1 saturated heterocycles. The van der Waals surface area contributed by atoms with Gasteiger partial charge in [0.25, 0.3) is 11.8 Å². The standard InChI is InChI=1S/C19H18N6O8S2/c1-7-5-34-17-13(16(29)25(17)14(7)18(30)31)22-15(28)12(9-6-35-19(20)21-9)23-33-4-8-2-10(26)11(27)3-24(8)32/h2-3,6,13,17,27,32H,4-5H2,1H3,(H2,20,21)(H,22,28)(H,30,31)/b23-12-/t13-,17-/m1/s1. The molecule has 2 aromatic rings. The molecule has 0 radical (unpaired) electrons. The zero-order valence-electron chi connectivity index (χ0n) is 17.9. The molecule has 16 heteroatoms. The van der Waals surface area contributed by atoms with Gasteiger partial charge in [-0.2, -0.15) is 4.73 Å². The van der Waals surface area contributed by atoms with Gasteiger partial charge >= 0.3 is 5.97 Å². The van der Waals surface area contributed by atoms with Crippen LogP contribution in [-0.2, 0) is 25.8 Å². The van der Waals surface area contributed by atoms with E-state index in [1.807, 2.05) is 0 Å². The fraction of sp³-hybridized carbons (Fsp3) is 0.263. The van der Waals surface area contributed by atoms with E-state index in [-0.39, 0.29) is 27.9 Å². The molecule has 2 aliphatic rings. The number of nitrogens with zero attached hydrogens (tertiary/aromatic N) is 4. The third kappa shape index (κ3) is 4.52. The first-order valence-corrected chi connectivity index (χ1v) is 11.7. The van der Waals surface area contributed by atoms with Crippen molar-refractivity contribution in [2.24, 2.45) is 5.16 Å². The molecular weight excluding hydrogens is 504 g/mol. The van der Waals surface area contributed by atoms with Crippen molar-refractivity contribution in [3.05, 3.63) is 50.5 Å². The Labute approximate surface area is 204 Å². The van der Waals surface area contributed by atoms with Crippen LogP contribution in [0.4, 0.5) is 5.13 Å². The van der Waals surface area contributed by atoms with Gasteiger partial charge in [0.15, 0.2) is 23.2 Å². The van der Waals surface area contributed by atoms with Crippen LogP contribution in [0.1, 0.15) is 18.3 Å². The van der Waals surface area contributed by atoms with Gasteiger partial charge in [-0.25, -0.2) is 9.78 Å². The van der Waals surface area contributed by atoms with E-state index in [0.29, 0.717) is 16.1 Å². The summed E-state index contributed by atoms with van der Waals surface area (Å²) in [4.78, 5) is 59.1. The van der Waals surface area contributed by atoms with Gasteiger partial charge in [0, 0.05) is 17.2 Å². The molecule has 0 saturated carbocycles. The molecule has 4 rings (SSSR count). The van der Waals surface area contributed by atoms with E-state index in [2.05, 4.69) is 15.5 Å². The number of aliphatic carboxylic acids is 1. The van der Waals surface area contributed by atoms with Gasteiger partial charge in [0.1, 0.15) is 28.5 Å². The van der Waals surface area contributed by atoms with E-state index in [1.165, 1.54) is 17.1 Å². The predicted octanol–water partition coefficient (Wildman–Crippen LogP) is -0.491. The molecule has 1 fully saturated rings. The van der Waals surface area contributed by atoms with Crippen molar-refractivity contribution in [2.45, 2.75) is 24.9 Å². The number of hydrogen-bond donors (Lipinski definition) is 5. The SMILES string of the molecule is CC1=C(C(=O)O)N2C(=O)[C@@H](NC(=O)/C(=N\OCc3cc(=O)c(O)cn3O)c3csc(N)n3)[C@H]2SC1. The third-order valence-electron chi connectivity index (χ3n) is 5.08. The molecule has 2 amide bonds. The fourth-order valence-electron chi connectivity index (χ4n) is 3.41. The van der Waals surface area contributed by atoms with E-state index in [9.17, 15) is 34.6 Å². The van der Waals surface area contributed by atoms with Crippen LogP contribution in [0.2, 0.25) is 0 Å². The van der Waals surface area contributed by atoms with Gasteiger partial charge < -0.3 is 31.3 Å². The number of amides is 2. The Morgan fingerprint density at radius 3 is 2.80 bits per heavy atom. The average molecular weight is 523 g/mol. The summed E-state index contributed by atoms with van der Waals surface area (Å²) in [6.07, 6.45) is 0.775. The van der Waals surface area contributed by atoms with Crippen LogP contribution in [0, 0.1) is 0 Å². The summed E-state index contributed by atoms with van der Waals surface area (Å²) < 4.78 is 0.463. The first-order chi connectivity index (χ1) is 16.6. The van der Waals surface area contributed by atoms with Crippen LogP contribution in [0.3, 0.4) is 0 Å². The van der Waals surface area contributed by atoms with E-state index in [4.69, 9.17) is 10.6 Å². The lowest BCUT2D eigenvalue weighted by Gasteiger charge is -2.49. The van der Waals surface area contributed by atoms with E-state index >= 15 is 0 Å². The second kappa shape index (κ2) is 9.30. The summed E-state index contributed by atoms with van der Waals surface area (Å²) >= 11 is 2.34. The summed E-state index contributed by atoms with van der Waals surface area (Å²) in [6, 6.07) is -0.0843. The molecule has 35 heavy (non-hydrogen) atoms. The number of carbonyl (C=O) groups is 3.